The Morgan fingerprint density at radius 2 is 1.96 bits per heavy atom. The number of aromatic nitrogens is 2. The quantitative estimate of drug-likeness (QED) is 0.364. The van der Waals surface area contributed by atoms with Gasteiger partial charge in [0.05, 0.1) is 18.8 Å². The normalized spacial score (nSPS) is 12.2. The van der Waals surface area contributed by atoms with Crippen molar-refractivity contribution in [3.8, 4) is 5.75 Å². The molecule has 0 bridgehead atoms. The minimum absolute atomic E-state index is 0. The molecule has 0 saturated carbocycles. The maximum atomic E-state index is 6.00. The van der Waals surface area contributed by atoms with Gasteiger partial charge < -0.3 is 15.4 Å². The zero-order chi connectivity index (χ0) is 17.2. The number of hydrogen-bond donors (Lipinski definition) is 2. The van der Waals surface area contributed by atoms with E-state index in [1.54, 1.807) is 6.20 Å². The zero-order valence-electron chi connectivity index (χ0n) is 15.1. The van der Waals surface area contributed by atoms with Crippen LogP contribution >= 0.6 is 24.0 Å². The molecule has 0 aliphatic carbocycles. The van der Waals surface area contributed by atoms with Crippen molar-refractivity contribution in [1.29, 1.82) is 0 Å². The smallest absolute Gasteiger partial charge is 0.191 e. The van der Waals surface area contributed by atoms with Gasteiger partial charge in [-0.05, 0) is 31.5 Å². The van der Waals surface area contributed by atoms with Crippen LogP contribution in [-0.2, 0) is 13.6 Å². The monoisotopic (exact) mass is 457 g/mol. The van der Waals surface area contributed by atoms with Crippen molar-refractivity contribution in [2.24, 2.45) is 12.0 Å². The Kier molecular flexibility index (Phi) is 9.98. The highest BCUT2D eigenvalue weighted by molar-refractivity contribution is 14.0. The minimum atomic E-state index is 0. The third-order valence-corrected chi connectivity index (χ3v) is 3.66. The topological polar surface area (TPSA) is 63.5 Å². The molecule has 2 rings (SSSR count). The predicted molar refractivity (Wildman–Crippen MR) is 113 cm³/mol. The number of hydrogen-bond acceptors (Lipinski definition) is 3. The van der Waals surface area contributed by atoms with Crippen molar-refractivity contribution in [3.63, 3.8) is 0 Å². The Bertz CT molecular complexity index is 629. The molecule has 0 aliphatic rings. The summed E-state index contributed by atoms with van der Waals surface area (Å²) in [5.41, 5.74) is 1.07. The molecule has 1 unspecified atom stereocenters. The highest BCUT2D eigenvalue weighted by Crippen LogP contribution is 2.12. The lowest BCUT2D eigenvalue weighted by molar-refractivity contribution is 0.199. The van der Waals surface area contributed by atoms with E-state index in [2.05, 4.69) is 34.6 Å². The van der Waals surface area contributed by atoms with E-state index >= 15 is 0 Å². The first-order valence-corrected chi connectivity index (χ1v) is 8.43. The summed E-state index contributed by atoms with van der Waals surface area (Å²) in [7, 11) is 1.92. The minimum Gasteiger partial charge on any atom is -0.489 e. The standard InChI is InChI=1S/C18H27N5O.HI/c1-4-16(24-17-9-7-6-8-10-17)14-21-18(19-5-2)20-13-15-11-12-22-23(15)3;/h6-12,16H,4-5,13-14H2,1-3H3,(H2,19,20,21);1H. The number of aryl methyl sites for hydroxylation is 1. The van der Waals surface area contributed by atoms with Gasteiger partial charge in [0, 0.05) is 19.8 Å². The van der Waals surface area contributed by atoms with E-state index in [9.17, 15) is 0 Å². The number of guanidine groups is 1. The number of rotatable bonds is 8. The van der Waals surface area contributed by atoms with Crippen LogP contribution in [0.15, 0.2) is 47.6 Å². The van der Waals surface area contributed by atoms with Crippen molar-refractivity contribution in [2.45, 2.75) is 32.9 Å². The molecule has 2 N–H and O–H groups in total. The molecule has 0 spiro atoms. The molecule has 1 aromatic heterocycles. The van der Waals surface area contributed by atoms with Crippen LogP contribution in [-0.4, -0.2) is 34.9 Å². The van der Waals surface area contributed by atoms with Crippen LogP contribution < -0.4 is 15.4 Å². The van der Waals surface area contributed by atoms with Gasteiger partial charge in [0.2, 0.25) is 0 Å². The molecule has 0 radical (unpaired) electrons. The van der Waals surface area contributed by atoms with Gasteiger partial charge in [-0.3, -0.25) is 4.68 Å². The molecular formula is C18H28IN5O. The Labute approximate surface area is 167 Å². The molecule has 1 heterocycles. The summed E-state index contributed by atoms with van der Waals surface area (Å²) in [5.74, 6) is 1.68. The van der Waals surface area contributed by atoms with Crippen LogP contribution in [0.1, 0.15) is 26.0 Å². The van der Waals surface area contributed by atoms with Crippen molar-refractivity contribution in [1.82, 2.24) is 20.4 Å². The molecule has 0 saturated heterocycles. The number of nitrogens with one attached hydrogen (secondary N) is 2. The van der Waals surface area contributed by atoms with Crippen molar-refractivity contribution < 1.29 is 4.74 Å². The first-order chi connectivity index (χ1) is 11.7. The highest BCUT2D eigenvalue weighted by Gasteiger charge is 2.09. The SMILES string of the molecule is CCNC(=NCc1ccnn1C)NCC(CC)Oc1ccccc1.I. The average Bonchev–Trinajstić information content (AvgIpc) is 3.02. The molecule has 1 atom stereocenters. The molecule has 0 amide bonds. The molecule has 25 heavy (non-hydrogen) atoms. The van der Waals surface area contributed by atoms with Crippen LogP contribution in [0.25, 0.3) is 0 Å². The van der Waals surface area contributed by atoms with Gasteiger partial charge in [0.15, 0.2) is 5.96 Å². The largest absolute Gasteiger partial charge is 0.489 e. The average molecular weight is 457 g/mol. The Morgan fingerprint density at radius 3 is 2.56 bits per heavy atom. The van der Waals surface area contributed by atoms with Crippen molar-refractivity contribution in [3.05, 3.63) is 48.3 Å². The third kappa shape index (κ3) is 7.33. The van der Waals surface area contributed by atoms with Crippen LogP contribution in [0.3, 0.4) is 0 Å². The van der Waals surface area contributed by atoms with Gasteiger partial charge in [0.25, 0.3) is 0 Å². The summed E-state index contributed by atoms with van der Waals surface area (Å²) in [5, 5.41) is 10.8. The lowest BCUT2D eigenvalue weighted by Gasteiger charge is -2.20. The summed E-state index contributed by atoms with van der Waals surface area (Å²) in [6.45, 7) is 6.27. The summed E-state index contributed by atoms with van der Waals surface area (Å²) < 4.78 is 7.84. The van der Waals surface area contributed by atoms with Gasteiger partial charge in [-0.1, -0.05) is 25.1 Å². The van der Waals surface area contributed by atoms with Crippen LogP contribution in [0.5, 0.6) is 5.75 Å². The molecule has 1 aromatic carbocycles. The summed E-state index contributed by atoms with van der Waals surface area (Å²) in [4.78, 5) is 4.61. The van der Waals surface area contributed by atoms with Gasteiger partial charge in [-0.15, -0.1) is 24.0 Å². The van der Waals surface area contributed by atoms with Gasteiger partial charge in [-0.25, -0.2) is 4.99 Å². The predicted octanol–water partition coefficient (Wildman–Crippen LogP) is 2.95. The molecular weight excluding hydrogens is 429 g/mol. The lowest BCUT2D eigenvalue weighted by Crippen LogP contribution is -2.42. The summed E-state index contributed by atoms with van der Waals surface area (Å²) in [6, 6.07) is 11.9. The van der Waals surface area contributed by atoms with Gasteiger partial charge in [-0.2, -0.15) is 5.10 Å². The first kappa shape index (κ1) is 21.3. The van der Waals surface area contributed by atoms with Gasteiger partial charge in [0.1, 0.15) is 11.9 Å². The molecule has 7 heteroatoms. The van der Waals surface area contributed by atoms with Crippen LogP contribution in [0.4, 0.5) is 0 Å². The molecule has 0 aliphatic heterocycles. The molecule has 6 nitrogen and oxygen atoms in total. The number of halogens is 1. The zero-order valence-corrected chi connectivity index (χ0v) is 17.4. The third-order valence-electron chi connectivity index (χ3n) is 3.66. The maximum Gasteiger partial charge on any atom is 0.191 e. The van der Waals surface area contributed by atoms with E-state index in [1.165, 1.54) is 0 Å². The number of ether oxygens (including phenoxy) is 1. The second kappa shape index (κ2) is 11.7. The Hall–Kier alpha value is -1.77. The van der Waals surface area contributed by atoms with Crippen molar-refractivity contribution >= 4 is 29.9 Å². The van der Waals surface area contributed by atoms with E-state index in [4.69, 9.17) is 4.74 Å². The number of aliphatic imine (C=N–C) groups is 1. The first-order valence-electron chi connectivity index (χ1n) is 8.43. The fraction of sp³-hybridized carbons (Fsp3) is 0.444. The fourth-order valence-electron chi connectivity index (χ4n) is 2.23. The lowest BCUT2D eigenvalue weighted by atomic mass is 10.2. The molecule has 138 valence electrons. The van der Waals surface area contributed by atoms with E-state index in [-0.39, 0.29) is 30.1 Å². The van der Waals surface area contributed by atoms with Crippen molar-refractivity contribution in [2.75, 3.05) is 13.1 Å². The van der Waals surface area contributed by atoms with Gasteiger partial charge >= 0.3 is 0 Å². The highest BCUT2D eigenvalue weighted by atomic mass is 127. The maximum absolute atomic E-state index is 6.00. The fourth-order valence-corrected chi connectivity index (χ4v) is 2.23. The number of para-hydroxylation sites is 1. The summed E-state index contributed by atoms with van der Waals surface area (Å²) >= 11 is 0. The van der Waals surface area contributed by atoms with E-state index in [0.717, 1.165) is 30.4 Å². The van der Waals surface area contributed by atoms with Crippen LogP contribution in [0, 0.1) is 0 Å². The second-order valence-corrected chi connectivity index (χ2v) is 5.48. The number of nitrogens with zero attached hydrogens (tertiary/aromatic N) is 3. The number of benzene rings is 1. The van der Waals surface area contributed by atoms with E-state index in [0.29, 0.717) is 13.1 Å². The molecule has 0 fully saturated rings. The summed E-state index contributed by atoms with van der Waals surface area (Å²) in [6.07, 6.45) is 2.79. The second-order valence-electron chi connectivity index (χ2n) is 5.48. The van der Waals surface area contributed by atoms with E-state index < -0.39 is 0 Å². The van der Waals surface area contributed by atoms with E-state index in [1.807, 2.05) is 48.1 Å². The Morgan fingerprint density at radius 1 is 1.20 bits per heavy atom. The van der Waals surface area contributed by atoms with Crippen LogP contribution in [0.2, 0.25) is 0 Å². The Balaban J connectivity index is 0.00000312. The molecule has 2 aromatic rings.